The number of benzene rings is 2. The van der Waals surface area contributed by atoms with Crippen molar-refractivity contribution >= 4 is 40.6 Å². The van der Waals surface area contributed by atoms with Crippen molar-refractivity contribution in [2.45, 2.75) is 13.8 Å². The highest BCUT2D eigenvalue weighted by Crippen LogP contribution is 2.25. The van der Waals surface area contributed by atoms with E-state index in [0.717, 1.165) is 22.5 Å². The summed E-state index contributed by atoms with van der Waals surface area (Å²) in [4.78, 5) is 14.7. The van der Waals surface area contributed by atoms with Crippen LogP contribution < -0.4 is 16.0 Å². The second-order valence-corrected chi connectivity index (χ2v) is 6.16. The third-order valence-electron chi connectivity index (χ3n) is 3.82. The molecule has 0 aliphatic rings. The van der Waals surface area contributed by atoms with Gasteiger partial charge in [-0.1, -0.05) is 18.2 Å². The van der Waals surface area contributed by atoms with Crippen LogP contribution >= 0.6 is 11.6 Å². The van der Waals surface area contributed by atoms with Crippen molar-refractivity contribution in [3.05, 3.63) is 58.9 Å². The molecule has 0 amide bonds. The Morgan fingerprint density at radius 3 is 2.56 bits per heavy atom. The molecule has 0 radical (unpaired) electrons. The second kappa shape index (κ2) is 6.94. The second-order valence-electron chi connectivity index (χ2n) is 5.82. The molecular weight excluding hydrogens is 336 g/mol. The van der Waals surface area contributed by atoms with Gasteiger partial charge in [-0.05, 0) is 60.8 Å². The molecule has 3 rings (SSSR count). The van der Waals surface area contributed by atoms with Crippen molar-refractivity contribution in [1.29, 1.82) is 0 Å². The Bertz CT molecular complexity index is 912. The minimum atomic E-state index is 0.118. The number of anilines is 5. The fourth-order valence-corrected chi connectivity index (χ4v) is 2.50. The molecule has 0 aliphatic carbocycles. The van der Waals surface area contributed by atoms with Gasteiger partial charge in [0.05, 0.1) is 0 Å². The standard InChI is InChI=1S/C18H19ClN6/c1-11-5-4-6-14(9-11)25(3)18-23-16(19)22-17(24-18)21-13-8-7-12(2)15(20)10-13/h4-10H,20H2,1-3H3,(H,21,22,23,24). The molecule has 6 nitrogen and oxygen atoms in total. The summed E-state index contributed by atoms with van der Waals surface area (Å²) < 4.78 is 0. The van der Waals surface area contributed by atoms with Gasteiger partial charge in [0.15, 0.2) is 0 Å². The molecule has 3 N–H and O–H groups in total. The predicted molar refractivity (Wildman–Crippen MR) is 103 cm³/mol. The van der Waals surface area contributed by atoms with Crippen LogP contribution in [0.1, 0.15) is 11.1 Å². The molecule has 3 aromatic rings. The molecule has 0 saturated carbocycles. The van der Waals surface area contributed by atoms with Crippen LogP contribution in [0.15, 0.2) is 42.5 Å². The highest BCUT2D eigenvalue weighted by Gasteiger charge is 2.12. The van der Waals surface area contributed by atoms with Gasteiger partial charge in [-0.3, -0.25) is 0 Å². The molecule has 2 aromatic carbocycles. The van der Waals surface area contributed by atoms with Gasteiger partial charge in [-0.2, -0.15) is 15.0 Å². The largest absolute Gasteiger partial charge is 0.398 e. The molecule has 0 aliphatic heterocycles. The molecule has 1 aromatic heterocycles. The van der Waals surface area contributed by atoms with E-state index in [0.29, 0.717) is 17.6 Å². The van der Waals surface area contributed by atoms with Crippen LogP contribution in [-0.4, -0.2) is 22.0 Å². The fourth-order valence-electron chi connectivity index (χ4n) is 2.34. The van der Waals surface area contributed by atoms with Crippen molar-refractivity contribution in [2.75, 3.05) is 23.0 Å². The molecule has 1 heterocycles. The molecule has 7 heteroatoms. The molecule has 0 saturated heterocycles. The summed E-state index contributed by atoms with van der Waals surface area (Å²) in [5, 5.41) is 3.24. The average Bonchev–Trinajstić information content (AvgIpc) is 2.57. The van der Waals surface area contributed by atoms with Crippen LogP contribution in [0, 0.1) is 13.8 Å². The van der Waals surface area contributed by atoms with Gasteiger partial charge >= 0.3 is 0 Å². The van der Waals surface area contributed by atoms with E-state index < -0.39 is 0 Å². The molecular formula is C18H19ClN6. The Morgan fingerprint density at radius 2 is 1.84 bits per heavy atom. The molecule has 128 valence electrons. The van der Waals surface area contributed by atoms with E-state index in [1.165, 1.54) is 0 Å². The first kappa shape index (κ1) is 17.0. The third kappa shape index (κ3) is 3.97. The van der Waals surface area contributed by atoms with E-state index >= 15 is 0 Å². The molecule has 0 unspecified atom stereocenters. The van der Waals surface area contributed by atoms with Gasteiger partial charge in [0.2, 0.25) is 17.2 Å². The number of nitrogens with two attached hydrogens (primary N) is 1. The van der Waals surface area contributed by atoms with E-state index in [2.05, 4.69) is 20.3 Å². The third-order valence-corrected chi connectivity index (χ3v) is 3.99. The molecule has 0 fully saturated rings. The Kier molecular flexibility index (Phi) is 4.72. The highest BCUT2D eigenvalue weighted by molar-refractivity contribution is 6.28. The molecule has 0 bridgehead atoms. The topological polar surface area (TPSA) is 80.0 Å². The zero-order chi connectivity index (χ0) is 18.0. The van der Waals surface area contributed by atoms with Gasteiger partial charge in [0.25, 0.3) is 0 Å². The van der Waals surface area contributed by atoms with E-state index in [1.54, 1.807) is 0 Å². The highest BCUT2D eigenvalue weighted by atomic mass is 35.5. The van der Waals surface area contributed by atoms with Gasteiger partial charge in [-0.25, -0.2) is 0 Å². The number of hydrogen-bond donors (Lipinski definition) is 2. The van der Waals surface area contributed by atoms with E-state index in [-0.39, 0.29) is 5.28 Å². The van der Waals surface area contributed by atoms with Crippen molar-refractivity contribution < 1.29 is 0 Å². The van der Waals surface area contributed by atoms with Crippen molar-refractivity contribution in [2.24, 2.45) is 0 Å². The van der Waals surface area contributed by atoms with Gasteiger partial charge < -0.3 is 16.0 Å². The van der Waals surface area contributed by atoms with Crippen LogP contribution in [0.5, 0.6) is 0 Å². The number of halogens is 1. The van der Waals surface area contributed by atoms with Crippen molar-refractivity contribution in [1.82, 2.24) is 15.0 Å². The molecule has 0 spiro atoms. The number of aromatic nitrogens is 3. The first-order valence-corrected chi connectivity index (χ1v) is 8.15. The summed E-state index contributed by atoms with van der Waals surface area (Å²) in [6.07, 6.45) is 0. The average molecular weight is 355 g/mol. The Balaban J connectivity index is 1.91. The van der Waals surface area contributed by atoms with E-state index in [4.69, 9.17) is 17.3 Å². The lowest BCUT2D eigenvalue weighted by Gasteiger charge is -2.18. The summed E-state index contributed by atoms with van der Waals surface area (Å²) in [5.41, 5.74) is 10.6. The summed E-state index contributed by atoms with van der Waals surface area (Å²) in [6.45, 7) is 3.99. The quantitative estimate of drug-likeness (QED) is 0.682. The Hall–Kier alpha value is -2.86. The zero-order valence-electron chi connectivity index (χ0n) is 14.3. The smallest absolute Gasteiger partial charge is 0.235 e. The number of hydrogen-bond acceptors (Lipinski definition) is 6. The number of aryl methyl sites for hydroxylation is 2. The number of rotatable bonds is 4. The SMILES string of the molecule is Cc1cccc(N(C)c2nc(Cl)nc(Nc3ccc(C)c(N)c3)n2)c1. The Morgan fingerprint density at radius 1 is 1.04 bits per heavy atom. The number of nitrogens with zero attached hydrogens (tertiary/aromatic N) is 4. The number of nitrogens with one attached hydrogen (secondary N) is 1. The summed E-state index contributed by atoms with van der Waals surface area (Å²) >= 11 is 6.08. The van der Waals surface area contributed by atoms with Crippen LogP contribution in [0.2, 0.25) is 5.28 Å². The maximum atomic E-state index is 6.08. The van der Waals surface area contributed by atoms with Gasteiger partial charge in [0.1, 0.15) is 0 Å². The maximum absolute atomic E-state index is 6.08. The van der Waals surface area contributed by atoms with Crippen LogP contribution in [-0.2, 0) is 0 Å². The lowest BCUT2D eigenvalue weighted by atomic mass is 10.2. The van der Waals surface area contributed by atoms with Crippen LogP contribution in [0.4, 0.5) is 29.0 Å². The van der Waals surface area contributed by atoms with Crippen LogP contribution in [0.3, 0.4) is 0 Å². The summed E-state index contributed by atoms with van der Waals surface area (Å²) in [7, 11) is 1.88. The van der Waals surface area contributed by atoms with Crippen molar-refractivity contribution in [3.63, 3.8) is 0 Å². The van der Waals surface area contributed by atoms with Gasteiger partial charge in [0, 0.05) is 24.1 Å². The first-order chi connectivity index (χ1) is 11.9. The normalized spacial score (nSPS) is 10.6. The van der Waals surface area contributed by atoms with Crippen molar-refractivity contribution in [3.8, 4) is 0 Å². The first-order valence-electron chi connectivity index (χ1n) is 7.77. The summed E-state index contributed by atoms with van der Waals surface area (Å²) in [6, 6.07) is 13.7. The lowest BCUT2D eigenvalue weighted by molar-refractivity contribution is 0.990. The van der Waals surface area contributed by atoms with Gasteiger partial charge in [-0.15, -0.1) is 0 Å². The molecule has 25 heavy (non-hydrogen) atoms. The monoisotopic (exact) mass is 354 g/mol. The number of nitrogen functional groups attached to an aromatic ring is 1. The van der Waals surface area contributed by atoms with Crippen LogP contribution in [0.25, 0.3) is 0 Å². The Labute approximate surface area is 151 Å². The maximum Gasteiger partial charge on any atom is 0.235 e. The molecule has 0 atom stereocenters. The van der Waals surface area contributed by atoms with E-state index in [1.807, 2.05) is 68.3 Å². The zero-order valence-corrected chi connectivity index (χ0v) is 15.0. The minimum Gasteiger partial charge on any atom is -0.398 e. The lowest BCUT2D eigenvalue weighted by Crippen LogP contribution is -2.15. The fraction of sp³-hybridized carbons (Fsp3) is 0.167. The van der Waals surface area contributed by atoms with E-state index in [9.17, 15) is 0 Å². The summed E-state index contributed by atoms with van der Waals surface area (Å²) in [5.74, 6) is 0.811. The minimum absolute atomic E-state index is 0.118. The predicted octanol–water partition coefficient (Wildman–Crippen LogP) is 4.24.